The first kappa shape index (κ1) is 21.0. The van der Waals surface area contributed by atoms with E-state index in [1.54, 1.807) is 12.1 Å². The molecule has 1 aromatic heterocycles. The lowest BCUT2D eigenvalue weighted by Crippen LogP contribution is -2.32. The summed E-state index contributed by atoms with van der Waals surface area (Å²) in [6.45, 7) is 1.84. The minimum atomic E-state index is -3.87. The molecule has 6 N–H and O–H groups in total. The average molecular weight is 431 g/mol. The Morgan fingerprint density at radius 1 is 0.967 bits per heavy atom. The number of nitrogen functional groups attached to an aromatic ring is 1. The summed E-state index contributed by atoms with van der Waals surface area (Å²) in [6, 6.07) is 11.2. The molecule has 3 aromatic rings. The van der Waals surface area contributed by atoms with Crippen LogP contribution in [-0.2, 0) is 10.0 Å². The van der Waals surface area contributed by atoms with Crippen molar-refractivity contribution in [3.8, 4) is 0 Å². The topological polar surface area (TPSA) is 151 Å². The fourth-order valence-electron chi connectivity index (χ4n) is 2.28. The molecule has 1 amide bonds. The molecule has 0 aliphatic heterocycles. The van der Waals surface area contributed by atoms with Crippen molar-refractivity contribution in [3.05, 3.63) is 71.8 Å². The Balaban J connectivity index is 1.66. The van der Waals surface area contributed by atoms with E-state index in [2.05, 4.69) is 31.1 Å². The van der Waals surface area contributed by atoms with Gasteiger partial charge in [0.05, 0.1) is 4.90 Å². The number of aryl methyl sites for hydroxylation is 1. The monoisotopic (exact) mass is 431 g/mol. The molecular weight excluding hydrogens is 413 g/mol. The first-order valence-corrected chi connectivity index (χ1v) is 10.0. The molecule has 30 heavy (non-hydrogen) atoms. The molecule has 0 aliphatic carbocycles. The minimum absolute atomic E-state index is 0.0255. The van der Waals surface area contributed by atoms with Crippen LogP contribution in [0.2, 0.25) is 0 Å². The van der Waals surface area contributed by atoms with Crippen molar-refractivity contribution < 1.29 is 17.6 Å². The van der Waals surface area contributed by atoms with Crippen molar-refractivity contribution in [3.63, 3.8) is 0 Å². The largest absolute Gasteiger partial charge is 0.393 e. The third kappa shape index (κ3) is 4.98. The average Bonchev–Trinajstić information content (AvgIpc) is 2.73. The third-order valence-corrected chi connectivity index (χ3v) is 5.18. The molecule has 0 atom stereocenters. The number of aromatic nitrogens is 2. The lowest BCUT2D eigenvalue weighted by atomic mass is 10.2. The van der Waals surface area contributed by atoms with Crippen molar-refractivity contribution in [2.24, 2.45) is 0 Å². The highest BCUT2D eigenvalue weighted by atomic mass is 32.2. The number of nitrogens with one attached hydrogen (secondary N) is 4. The molecule has 0 radical (unpaired) electrons. The SMILES string of the molecule is Cc1ccc(S(=O)(=O)NNc2ncnc(NNC(=O)c3ccc(F)cc3)c2N)cc1. The molecule has 0 spiro atoms. The zero-order valence-corrected chi connectivity index (χ0v) is 16.5. The fraction of sp³-hybridized carbons (Fsp3) is 0.0556. The van der Waals surface area contributed by atoms with Crippen molar-refractivity contribution in [1.29, 1.82) is 0 Å². The summed E-state index contributed by atoms with van der Waals surface area (Å²) in [5, 5.41) is 0. The zero-order chi connectivity index (χ0) is 21.7. The van der Waals surface area contributed by atoms with Gasteiger partial charge in [-0.1, -0.05) is 17.7 Å². The molecule has 1 heterocycles. The molecule has 0 unspecified atom stereocenters. The number of carbonyl (C=O) groups is 1. The van der Waals surface area contributed by atoms with Crippen LogP contribution in [-0.4, -0.2) is 24.3 Å². The number of nitrogens with two attached hydrogens (primary N) is 1. The van der Waals surface area contributed by atoms with Gasteiger partial charge in [-0.3, -0.25) is 21.1 Å². The lowest BCUT2D eigenvalue weighted by Gasteiger charge is -2.14. The van der Waals surface area contributed by atoms with Gasteiger partial charge >= 0.3 is 0 Å². The Kier molecular flexibility index (Phi) is 6.09. The van der Waals surface area contributed by atoms with Crippen LogP contribution in [0.15, 0.2) is 59.8 Å². The maximum absolute atomic E-state index is 12.9. The number of hydrogen-bond donors (Lipinski definition) is 5. The zero-order valence-electron chi connectivity index (χ0n) is 15.7. The van der Waals surface area contributed by atoms with Gasteiger partial charge in [-0.2, -0.15) is 0 Å². The number of amides is 1. The Hall–Kier alpha value is -3.77. The number of hydrazine groups is 2. The maximum Gasteiger partial charge on any atom is 0.269 e. The lowest BCUT2D eigenvalue weighted by molar-refractivity contribution is 0.0962. The van der Waals surface area contributed by atoms with Crippen LogP contribution < -0.4 is 26.8 Å². The van der Waals surface area contributed by atoms with Gasteiger partial charge in [-0.15, -0.1) is 4.83 Å². The molecule has 0 bridgehead atoms. The molecule has 3 rings (SSSR count). The molecular formula is C18H18FN7O3S. The molecule has 0 aliphatic rings. The van der Waals surface area contributed by atoms with Crippen LogP contribution in [0.3, 0.4) is 0 Å². The Bertz CT molecular complexity index is 1150. The van der Waals surface area contributed by atoms with Gasteiger partial charge in [0.25, 0.3) is 15.9 Å². The number of sulfonamides is 1. The number of rotatable bonds is 7. The highest BCUT2D eigenvalue weighted by Crippen LogP contribution is 2.21. The number of halogens is 1. The third-order valence-electron chi connectivity index (χ3n) is 3.92. The summed E-state index contributed by atoms with van der Waals surface area (Å²) in [6.07, 6.45) is 1.12. The maximum atomic E-state index is 12.9. The molecule has 156 valence electrons. The van der Waals surface area contributed by atoms with Gasteiger partial charge in [0.15, 0.2) is 11.6 Å². The molecule has 0 saturated carbocycles. The minimum Gasteiger partial charge on any atom is -0.393 e. The molecule has 0 fully saturated rings. The van der Waals surface area contributed by atoms with E-state index in [1.807, 2.05) is 6.92 Å². The second-order valence-electron chi connectivity index (χ2n) is 6.11. The Morgan fingerprint density at radius 3 is 2.20 bits per heavy atom. The predicted octanol–water partition coefficient (Wildman–Crippen LogP) is 1.57. The van der Waals surface area contributed by atoms with E-state index >= 15 is 0 Å². The number of carbonyl (C=O) groups excluding carboxylic acids is 1. The molecule has 12 heteroatoms. The van der Waals surface area contributed by atoms with Crippen LogP contribution in [0, 0.1) is 12.7 Å². The van der Waals surface area contributed by atoms with E-state index < -0.39 is 21.7 Å². The predicted molar refractivity (Wildman–Crippen MR) is 109 cm³/mol. The second kappa shape index (κ2) is 8.71. The van der Waals surface area contributed by atoms with Gasteiger partial charge in [0.2, 0.25) is 0 Å². The number of hydrogen-bond acceptors (Lipinski definition) is 8. The first-order valence-electron chi connectivity index (χ1n) is 8.53. The second-order valence-corrected chi connectivity index (χ2v) is 7.80. The van der Waals surface area contributed by atoms with Gasteiger partial charge in [0.1, 0.15) is 17.8 Å². The van der Waals surface area contributed by atoms with E-state index in [4.69, 9.17) is 5.73 Å². The summed E-state index contributed by atoms with van der Waals surface area (Å²) in [5.74, 6) is -1.03. The summed E-state index contributed by atoms with van der Waals surface area (Å²) in [7, 11) is -3.87. The van der Waals surface area contributed by atoms with E-state index in [0.29, 0.717) is 0 Å². The van der Waals surface area contributed by atoms with Crippen LogP contribution in [0.25, 0.3) is 0 Å². The summed E-state index contributed by atoms with van der Waals surface area (Å²) in [5.41, 5.74) is 14.3. The van der Waals surface area contributed by atoms with Gasteiger partial charge in [0, 0.05) is 5.56 Å². The van der Waals surface area contributed by atoms with Crippen LogP contribution in [0.5, 0.6) is 0 Å². The number of benzene rings is 2. The van der Waals surface area contributed by atoms with Crippen molar-refractivity contribution in [2.45, 2.75) is 11.8 Å². The van der Waals surface area contributed by atoms with E-state index in [0.717, 1.165) is 24.0 Å². The molecule has 0 saturated heterocycles. The standard InChI is InChI=1S/C18H18FN7O3S/c1-11-2-8-14(9-3-11)30(28,29)26-24-17-15(20)16(21-10-22-17)23-25-18(27)12-4-6-13(19)7-5-12/h2-10,26H,20H2,1H3,(H,25,27)(H2,21,22,23,24). The highest BCUT2D eigenvalue weighted by Gasteiger charge is 2.16. The summed E-state index contributed by atoms with van der Waals surface area (Å²) >= 11 is 0. The van der Waals surface area contributed by atoms with Crippen molar-refractivity contribution in [2.75, 3.05) is 16.6 Å². The quantitative estimate of drug-likeness (QED) is 0.354. The van der Waals surface area contributed by atoms with Gasteiger partial charge in [-0.05, 0) is 43.3 Å². The number of nitrogens with zero attached hydrogens (tertiary/aromatic N) is 2. The van der Waals surface area contributed by atoms with Crippen LogP contribution in [0.1, 0.15) is 15.9 Å². The molecule has 10 nitrogen and oxygen atoms in total. The van der Waals surface area contributed by atoms with Crippen LogP contribution in [0.4, 0.5) is 21.7 Å². The Morgan fingerprint density at radius 2 is 1.57 bits per heavy atom. The number of anilines is 3. The van der Waals surface area contributed by atoms with E-state index in [-0.39, 0.29) is 27.8 Å². The smallest absolute Gasteiger partial charge is 0.269 e. The summed E-state index contributed by atoms with van der Waals surface area (Å²) in [4.78, 5) is 22.1. The Labute approximate surface area is 171 Å². The molecule has 2 aromatic carbocycles. The van der Waals surface area contributed by atoms with Gasteiger partial charge < -0.3 is 5.73 Å². The van der Waals surface area contributed by atoms with E-state index in [1.165, 1.54) is 24.3 Å². The highest BCUT2D eigenvalue weighted by molar-refractivity contribution is 7.89. The van der Waals surface area contributed by atoms with E-state index in [9.17, 15) is 17.6 Å². The summed E-state index contributed by atoms with van der Waals surface area (Å²) < 4.78 is 37.6. The fourth-order valence-corrected chi connectivity index (χ4v) is 3.12. The van der Waals surface area contributed by atoms with Crippen LogP contribution >= 0.6 is 0 Å². The first-order chi connectivity index (χ1) is 14.3. The van der Waals surface area contributed by atoms with Crippen molar-refractivity contribution >= 4 is 33.3 Å². The normalized spacial score (nSPS) is 11.0. The van der Waals surface area contributed by atoms with Crippen molar-refractivity contribution in [1.82, 2.24) is 20.2 Å². The van der Waals surface area contributed by atoms with Gasteiger partial charge in [-0.25, -0.2) is 22.8 Å².